The number of hydrogen-bond acceptors (Lipinski definition) is 2. The van der Waals surface area contributed by atoms with Gasteiger partial charge in [0.05, 0.1) is 6.61 Å². The summed E-state index contributed by atoms with van der Waals surface area (Å²) in [5.74, 6) is 1.73. The summed E-state index contributed by atoms with van der Waals surface area (Å²) in [6.07, 6.45) is 4.31. The standard InChI is InChI=1S/C17H28O2/c1-5-15-11-14(8-7-13(3)4)12-16(6-2)17(15)19-10-9-18/h11-13,18H,5-10H2,1-4H3. The molecule has 0 radical (unpaired) electrons. The van der Waals surface area contributed by atoms with Crippen molar-refractivity contribution in [1.82, 2.24) is 0 Å². The molecule has 0 saturated carbocycles. The van der Waals surface area contributed by atoms with E-state index in [1.54, 1.807) is 0 Å². The third-order valence-corrected chi connectivity index (χ3v) is 3.41. The van der Waals surface area contributed by atoms with Crippen LogP contribution in [0.4, 0.5) is 0 Å². The largest absolute Gasteiger partial charge is 0.491 e. The highest BCUT2D eigenvalue weighted by molar-refractivity contribution is 5.45. The number of aryl methyl sites for hydroxylation is 3. The molecule has 1 rings (SSSR count). The second kappa shape index (κ2) is 8.21. The van der Waals surface area contributed by atoms with E-state index in [1.807, 2.05) is 0 Å². The van der Waals surface area contributed by atoms with Gasteiger partial charge < -0.3 is 9.84 Å². The van der Waals surface area contributed by atoms with Gasteiger partial charge in [0.15, 0.2) is 0 Å². The number of rotatable bonds is 8. The van der Waals surface area contributed by atoms with Crippen molar-refractivity contribution < 1.29 is 9.84 Å². The van der Waals surface area contributed by atoms with Crippen molar-refractivity contribution in [3.63, 3.8) is 0 Å². The normalized spacial score (nSPS) is 11.1. The molecule has 1 N–H and O–H groups in total. The molecule has 1 aromatic rings. The zero-order valence-electron chi connectivity index (χ0n) is 12.8. The van der Waals surface area contributed by atoms with Crippen molar-refractivity contribution in [2.75, 3.05) is 13.2 Å². The van der Waals surface area contributed by atoms with E-state index in [4.69, 9.17) is 9.84 Å². The lowest BCUT2D eigenvalue weighted by Gasteiger charge is -2.16. The van der Waals surface area contributed by atoms with Gasteiger partial charge in [0, 0.05) is 0 Å². The smallest absolute Gasteiger partial charge is 0.125 e. The van der Waals surface area contributed by atoms with Crippen LogP contribution in [0.2, 0.25) is 0 Å². The van der Waals surface area contributed by atoms with Crippen molar-refractivity contribution in [1.29, 1.82) is 0 Å². The van der Waals surface area contributed by atoms with E-state index in [0.717, 1.165) is 30.9 Å². The highest BCUT2D eigenvalue weighted by Gasteiger charge is 2.10. The fraction of sp³-hybridized carbons (Fsp3) is 0.647. The van der Waals surface area contributed by atoms with E-state index in [-0.39, 0.29) is 6.61 Å². The molecule has 19 heavy (non-hydrogen) atoms. The van der Waals surface area contributed by atoms with E-state index in [0.29, 0.717) is 6.61 Å². The molecule has 0 bridgehead atoms. The molecule has 0 unspecified atom stereocenters. The van der Waals surface area contributed by atoms with Crippen molar-refractivity contribution in [2.45, 2.75) is 53.4 Å². The minimum absolute atomic E-state index is 0.0708. The van der Waals surface area contributed by atoms with Gasteiger partial charge in [0.25, 0.3) is 0 Å². The number of aliphatic hydroxyl groups excluding tert-OH is 1. The molecule has 0 aromatic heterocycles. The second-order valence-electron chi connectivity index (χ2n) is 5.45. The van der Waals surface area contributed by atoms with Crippen LogP contribution in [0.3, 0.4) is 0 Å². The Morgan fingerprint density at radius 3 is 2.11 bits per heavy atom. The summed E-state index contributed by atoms with van der Waals surface area (Å²) < 4.78 is 5.73. The van der Waals surface area contributed by atoms with Gasteiger partial charge in [-0.2, -0.15) is 0 Å². The van der Waals surface area contributed by atoms with E-state index >= 15 is 0 Å². The fourth-order valence-electron chi connectivity index (χ4n) is 2.28. The van der Waals surface area contributed by atoms with Crippen LogP contribution < -0.4 is 4.74 Å². The number of benzene rings is 1. The predicted molar refractivity (Wildman–Crippen MR) is 80.9 cm³/mol. The van der Waals surface area contributed by atoms with Gasteiger partial charge in [-0.3, -0.25) is 0 Å². The number of aliphatic hydroxyl groups is 1. The van der Waals surface area contributed by atoms with Crippen LogP contribution in [-0.2, 0) is 19.3 Å². The molecule has 2 nitrogen and oxygen atoms in total. The lowest BCUT2D eigenvalue weighted by molar-refractivity contribution is 0.199. The Morgan fingerprint density at radius 2 is 1.68 bits per heavy atom. The van der Waals surface area contributed by atoms with Crippen LogP contribution in [-0.4, -0.2) is 18.3 Å². The zero-order chi connectivity index (χ0) is 14.3. The zero-order valence-corrected chi connectivity index (χ0v) is 12.8. The first-order valence-corrected chi connectivity index (χ1v) is 7.50. The summed E-state index contributed by atoms with van der Waals surface area (Å²) in [6, 6.07) is 4.54. The van der Waals surface area contributed by atoms with Crippen molar-refractivity contribution in [2.24, 2.45) is 5.92 Å². The van der Waals surface area contributed by atoms with Gasteiger partial charge in [-0.05, 0) is 48.3 Å². The molecule has 0 aliphatic rings. The Hall–Kier alpha value is -1.02. The van der Waals surface area contributed by atoms with Gasteiger partial charge in [0.1, 0.15) is 12.4 Å². The molecule has 0 aliphatic carbocycles. The minimum atomic E-state index is 0.0708. The molecule has 0 aliphatic heterocycles. The maximum absolute atomic E-state index is 8.93. The van der Waals surface area contributed by atoms with Crippen LogP contribution in [0, 0.1) is 5.92 Å². The Balaban J connectivity index is 2.98. The highest BCUT2D eigenvalue weighted by atomic mass is 16.5. The third-order valence-electron chi connectivity index (χ3n) is 3.41. The maximum atomic E-state index is 8.93. The summed E-state index contributed by atoms with van der Waals surface area (Å²) in [6.45, 7) is 9.30. The van der Waals surface area contributed by atoms with Crippen molar-refractivity contribution >= 4 is 0 Å². The molecular weight excluding hydrogens is 236 g/mol. The van der Waals surface area contributed by atoms with Crippen LogP contribution in [0.1, 0.15) is 50.8 Å². The van der Waals surface area contributed by atoms with E-state index in [9.17, 15) is 0 Å². The minimum Gasteiger partial charge on any atom is -0.491 e. The van der Waals surface area contributed by atoms with Gasteiger partial charge >= 0.3 is 0 Å². The monoisotopic (exact) mass is 264 g/mol. The molecule has 0 atom stereocenters. The van der Waals surface area contributed by atoms with Crippen molar-refractivity contribution in [3.05, 3.63) is 28.8 Å². The second-order valence-corrected chi connectivity index (χ2v) is 5.45. The molecule has 0 saturated heterocycles. The lowest BCUT2D eigenvalue weighted by Crippen LogP contribution is -2.07. The molecular formula is C17H28O2. The predicted octanol–water partition coefficient (Wildman–Crippen LogP) is 3.77. The van der Waals surface area contributed by atoms with Crippen LogP contribution in [0.25, 0.3) is 0 Å². The van der Waals surface area contributed by atoms with Gasteiger partial charge in [-0.15, -0.1) is 0 Å². The molecule has 2 heteroatoms. The fourth-order valence-corrected chi connectivity index (χ4v) is 2.28. The van der Waals surface area contributed by atoms with E-state index in [1.165, 1.54) is 23.1 Å². The summed E-state index contributed by atoms with van der Waals surface area (Å²) in [5.41, 5.74) is 3.96. The Bertz CT molecular complexity index is 358. The maximum Gasteiger partial charge on any atom is 0.125 e. The van der Waals surface area contributed by atoms with Crippen molar-refractivity contribution in [3.8, 4) is 5.75 Å². The first-order valence-electron chi connectivity index (χ1n) is 7.50. The molecule has 108 valence electrons. The van der Waals surface area contributed by atoms with Crippen LogP contribution in [0.5, 0.6) is 5.75 Å². The van der Waals surface area contributed by atoms with E-state index < -0.39 is 0 Å². The average Bonchev–Trinajstić information content (AvgIpc) is 2.42. The molecule has 0 fully saturated rings. The first-order chi connectivity index (χ1) is 9.12. The van der Waals surface area contributed by atoms with Crippen LogP contribution >= 0.6 is 0 Å². The lowest BCUT2D eigenvalue weighted by atomic mass is 9.96. The van der Waals surface area contributed by atoms with Crippen LogP contribution in [0.15, 0.2) is 12.1 Å². The SMILES string of the molecule is CCc1cc(CCC(C)C)cc(CC)c1OCCO. The summed E-state index contributed by atoms with van der Waals surface area (Å²) in [5, 5.41) is 8.93. The molecule has 0 amide bonds. The number of hydrogen-bond donors (Lipinski definition) is 1. The quantitative estimate of drug-likeness (QED) is 0.774. The van der Waals surface area contributed by atoms with E-state index in [2.05, 4.69) is 39.8 Å². The number of ether oxygens (including phenoxy) is 1. The topological polar surface area (TPSA) is 29.5 Å². The third kappa shape index (κ3) is 4.87. The van der Waals surface area contributed by atoms with Gasteiger partial charge in [0.2, 0.25) is 0 Å². The highest BCUT2D eigenvalue weighted by Crippen LogP contribution is 2.28. The Morgan fingerprint density at radius 1 is 1.11 bits per heavy atom. The molecule has 1 aromatic carbocycles. The average molecular weight is 264 g/mol. The first kappa shape index (κ1) is 16.0. The Kier molecular flexibility index (Phi) is 6.93. The van der Waals surface area contributed by atoms with Gasteiger partial charge in [-0.1, -0.05) is 39.8 Å². The summed E-state index contributed by atoms with van der Waals surface area (Å²) in [4.78, 5) is 0. The molecule has 0 heterocycles. The molecule has 0 spiro atoms. The summed E-state index contributed by atoms with van der Waals surface area (Å²) in [7, 11) is 0. The Labute approximate surface area is 117 Å². The van der Waals surface area contributed by atoms with Gasteiger partial charge in [-0.25, -0.2) is 0 Å². The summed E-state index contributed by atoms with van der Waals surface area (Å²) >= 11 is 0.